The van der Waals surface area contributed by atoms with Gasteiger partial charge in [0, 0.05) is 16.6 Å². The molecule has 1 nitrogen and oxygen atoms in total. The van der Waals surface area contributed by atoms with Crippen LogP contribution in [-0.2, 0) is 0 Å². The van der Waals surface area contributed by atoms with E-state index in [0.717, 1.165) is 27.7 Å². The predicted octanol–water partition coefficient (Wildman–Crippen LogP) is 4.37. The summed E-state index contributed by atoms with van der Waals surface area (Å²) in [6.07, 6.45) is 0. The lowest BCUT2D eigenvalue weighted by Gasteiger charge is -2.03. The summed E-state index contributed by atoms with van der Waals surface area (Å²) in [5.41, 5.74) is 3.83. The fraction of sp³-hybridized carbons (Fsp3) is 0. The molecule has 0 aliphatic heterocycles. The van der Waals surface area contributed by atoms with Gasteiger partial charge in [0.1, 0.15) is 5.82 Å². The highest BCUT2D eigenvalue weighted by Crippen LogP contribution is 2.24. The van der Waals surface area contributed by atoms with Crippen LogP contribution in [0.25, 0.3) is 16.5 Å². The van der Waals surface area contributed by atoms with Gasteiger partial charge in [0.15, 0.2) is 0 Å². The van der Waals surface area contributed by atoms with Crippen LogP contribution in [0.4, 0.5) is 4.39 Å². The molecule has 0 radical (unpaired) electrons. The number of nitrogens with one attached hydrogen (secondary N) is 1. The molecular weight excluding hydrogens is 225 g/mol. The normalized spacial score (nSPS) is 10.7. The fourth-order valence-electron chi connectivity index (χ4n) is 2.04. The standard InChI is InChI=1S/C16H12FN/c1-11(12-6-8-14(17)9-7-12)16-10-13-4-2-3-5-15(13)18-16/h2-10,18H,1H2. The Labute approximate surface area is 105 Å². The number of aromatic nitrogens is 1. The number of hydrogen-bond acceptors (Lipinski definition) is 0. The summed E-state index contributed by atoms with van der Waals surface area (Å²) in [6, 6.07) is 16.5. The van der Waals surface area contributed by atoms with Gasteiger partial charge in [0.25, 0.3) is 0 Å². The minimum Gasteiger partial charge on any atom is -0.355 e. The van der Waals surface area contributed by atoms with E-state index in [4.69, 9.17) is 0 Å². The molecule has 0 saturated carbocycles. The third-order valence-electron chi connectivity index (χ3n) is 3.05. The zero-order chi connectivity index (χ0) is 12.5. The van der Waals surface area contributed by atoms with Gasteiger partial charge in [-0.2, -0.15) is 0 Å². The summed E-state index contributed by atoms with van der Waals surface area (Å²) in [6.45, 7) is 4.07. The van der Waals surface area contributed by atoms with E-state index in [0.29, 0.717) is 0 Å². The maximum atomic E-state index is 12.9. The zero-order valence-electron chi connectivity index (χ0n) is 9.78. The summed E-state index contributed by atoms with van der Waals surface area (Å²) in [5.74, 6) is -0.233. The first-order chi connectivity index (χ1) is 8.74. The second-order valence-electron chi connectivity index (χ2n) is 4.26. The van der Waals surface area contributed by atoms with Crippen LogP contribution in [0, 0.1) is 5.82 Å². The highest BCUT2D eigenvalue weighted by Gasteiger charge is 2.06. The van der Waals surface area contributed by atoms with Gasteiger partial charge in [-0.15, -0.1) is 0 Å². The number of benzene rings is 2. The molecule has 0 amide bonds. The van der Waals surface area contributed by atoms with Gasteiger partial charge in [-0.25, -0.2) is 4.39 Å². The van der Waals surface area contributed by atoms with Crippen molar-refractivity contribution in [1.82, 2.24) is 4.98 Å². The molecular formula is C16H12FN. The van der Waals surface area contributed by atoms with E-state index in [-0.39, 0.29) is 5.82 Å². The molecule has 3 rings (SSSR count). The molecule has 88 valence electrons. The van der Waals surface area contributed by atoms with Gasteiger partial charge in [-0.1, -0.05) is 36.9 Å². The van der Waals surface area contributed by atoms with E-state index in [2.05, 4.69) is 17.6 Å². The molecule has 1 N–H and O–H groups in total. The van der Waals surface area contributed by atoms with Gasteiger partial charge in [0.05, 0.1) is 0 Å². The van der Waals surface area contributed by atoms with Crippen LogP contribution >= 0.6 is 0 Å². The van der Waals surface area contributed by atoms with Crippen molar-refractivity contribution in [1.29, 1.82) is 0 Å². The third-order valence-corrected chi connectivity index (χ3v) is 3.05. The highest BCUT2D eigenvalue weighted by atomic mass is 19.1. The topological polar surface area (TPSA) is 15.8 Å². The summed E-state index contributed by atoms with van der Waals surface area (Å²) < 4.78 is 12.9. The highest BCUT2D eigenvalue weighted by molar-refractivity contribution is 5.87. The van der Waals surface area contributed by atoms with E-state index in [1.54, 1.807) is 12.1 Å². The van der Waals surface area contributed by atoms with Crippen LogP contribution in [-0.4, -0.2) is 4.98 Å². The number of fused-ring (bicyclic) bond motifs is 1. The van der Waals surface area contributed by atoms with Gasteiger partial charge < -0.3 is 4.98 Å². The van der Waals surface area contributed by atoms with E-state index >= 15 is 0 Å². The van der Waals surface area contributed by atoms with E-state index < -0.39 is 0 Å². The number of rotatable bonds is 2. The predicted molar refractivity (Wildman–Crippen MR) is 72.8 cm³/mol. The largest absolute Gasteiger partial charge is 0.355 e. The molecule has 0 atom stereocenters. The maximum Gasteiger partial charge on any atom is 0.123 e. The van der Waals surface area contributed by atoms with Crippen molar-refractivity contribution in [3.05, 3.63) is 78.3 Å². The number of hydrogen-bond donors (Lipinski definition) is 1. The zero-order valence-corrected chi connectivity index (χ0v) is 9.78. The first kappa shape index (κ1) is 10.8. The van der Waals surface area contributed by atoms with Crippen LogP contribution in [0.15, 0.2) is 61.2 Å². The maximum absolute atomic E-state index is 12.9. The van der Waals surface area contributed by atoms with Crippen LogP contribution in [0.1, 0.15) is 11.3 Å². The molecule has 0 fully saturated rings. The van der Waals surface area contributed by atoms with Gasteiger partial charge in [-0.3, -0.25) is 0 Å². The lowest BCUT2D eigenvalue weighted by atomic mass is 10.0. The molecule has 0 aliphatic rings. The summed E-state index contributed by atoms with van der Waals surface area (Å²) in [5, 5.41) is 1.15. The van der Waals surface area contributed by atoms with E-state index in [9.17, 15) is 4.39 Å². The molecule has 1 aromatic heterocycles. The smallest absolute Gasteiger partial charge is 0.123 e. The van der Waals surface area contributed by atoms with Gasteiger partial charge >= 0.3 is 0 Å². The van der Waals surface area contributed by atoms with Crippen molar-refractivity contribution in [2.45, 2.75) is 0 Å². The van der Waals surface area contributed by atoms with Crippen LogP contribution in [0.2, 0.25) is 0 Å². The van der Waals surface area contributed by atoms with Crippen LogP contribution in [0.3, 0.4) is 0 Å². The fourth-order valence-corrected chi connectivity index (χ4v) is 2.04. The van der Waals surface area contributed by atoms with Crippen molar-refractivity contribution in [2.75, 3.05) is 0 Å². The first-order valence-electron chi connectivity index (χ1n) is 5.77. The number of para-hydroxylation sites is 1. The number of H-pyrrole nitrogens is 1. The van der Waals surface area contributed by atoms with E-state index in [1.807, 2.05) is 24.3 Å². The summed E-state index contributed by atoms with van der Waals surface area (Å²) in [4.78, 5) is 3.32. The Bertz CT molecular complexity index is 674. The average molecular weight is 237 g/mol. The molecule has 2 aromatic carbocycles. The number of aromatic amines is 1. The lowest BCUT2D eigenvalue weighted by Crippen LogP contribution is -1.86. The molecule has 0 unspecified atom stereocenters. The van der Waals surface area contributed by atoms with Crippen LogP contribution in [0.5, 0.6) is 0 Å². The Morgan fingerprint density at radius 3 is 2.44 bits per heavy atom. The van der Waals surface area contributed by atoms with Crippen molar-refractivity contribution in [3.8, 4) is 0 Å². The molecule has 2 heteroatoms. The Morgan fingerprint density at radius 2 is 1.72 bits per heavy atom. The molecule has 0 saturated heterocycles. The Hall–Kier alpha value is -2.35. The Balaban J connectivity index is 2.03. The monoisotopic (exact) mass is 237 g/mol. The minimum absolute atomic E-state index is 0.233. The third kappa shape index (κ3) is 1.82. The first-order valence-corrected chi connectivity index (χ1v) is 5.77. The molecule has 0 aliphatic carbocycles. The summed E-state index contributed by atoms with van der Waals surface area (Å²) >= 11 is 0. The molecule has 0 spiro atoms. The molecule has 3 aromatic rings. The SMILES string of the molecule is C=C(c1ccc(F)cc1)c1cc2ccccc2[nH]1. The Morgan fingerprint density at radius 1 is 1.00 bits per heavy atom. The Kier molecular flexibility index (Phi) is 2.49. The van der Waals surface area contributed by atoms with E-state index in [1.165, 1.54) is 12.1 Å². The van der Waals surface area contributed by atoms with Crippen LogP contribution < -0.4 is 0 Å². The quantitative estimate of drug-likeness (QED) is 0.681. The second-order valence-corrected chi connectivity index (χ2v) is 4.26. The van der Waals surface area contributed by atoms with Crippen molar-refractivity contribution in [3.63, 3.8) is 0 Å². The minimum atomic E-state index is -0.233. The van der Waals surface area contributed by atoms with Crippen molar-refractivity contribution in [2.24, 2.45) is 0 Å². The lowest BCUT2D eigenvalue weighted by molar-refractivity contribution is 0.627. The van der Waals surface area contributed by atoms with Crippen molar-refractivity contribution >= 4 is 16.5 Å². The van der Waals surface area contributed by atoms with Gasteiger partial charge in [-0.05, 0) is 35.4 Å². The number of halogens is 1. The second kappa shape index (κ2) is 4.15. The molecule has 1 heterocycles. The summed E-state index contributed by atoms with van der Waals surface area (Å²) in [7, 11) is 0. The molecule has 18 heavy (non-hydrogen) atoms. The average Bonchev–Trinajstić information content (AvgIpc) is 2.82. The van der Waals surface area contributed by atoms with Crippen molar-refractivity contribution < 1.29 is 4.39 Å². The molecule has 0 bridgehead atoms. The van der Waals surface area contributed by atoms with Gasteiger partial charge in [0.2, 0.25) is 0 Å².